The van der Waals surface area contributed by atoms with Crippen LogP contribution in [0.3, 0.4) is 0 Å². The van der Waals surface area contributed by atoms with Gasteiger partial charge in [-0.15, -0.1) is 0 Å². The lowest BCUT2D eigenvalue weighted by molar-refractivity contribution is -0.601. The molecule has 2 aromatic rings. The zero-order valence-corrected chi connectivity index (χ0v) is 14.2. The first-order valence-electron chi connectivity index (χ1n) is 7.48. The molecule has 112 valence electrons. The van der Waals surface area contributed by atoms with Gasteiger partial charge < -0.3 is 9.47 Å². The van der Waals surface area contributed by atoms with Crippen LogP contribution in [0.4, 0.5) is 0 Å². The summed E-state index contributed by atoms with van der Waals surface area (Å²) in [5.41, 5.74) is 2.77. The van der Waals surface area contributed by atoms with Crippen LogP contribution < -0.4 is 25.9 Å². The van der Waals surface area contributed by atoms with Crippen molar-refractivity contribution >= 4 is 5.97 Å². The zero-order chi connectivity index (χ0) is 14.9. The number of carbonyl (C=O) groups excluding carboxylic acids is 1. The fourth-order valence-electron chi connectivity index (χ4n) is 2.82. The largest absolute Gasteiger partial charge is 0.479 e. The van der Waals surface area contributed by atoms with Gasteiger partial charge in [0.15, 0.2) is 13.2 Å². The lowest BCUT2D eigenvalue weighted by atomic mass is 10.0. The van der Waals surface area contributed by atoms with E-state index in [1.54, 1.807) is 0 Å². The van der Waals surface area contributed by atoms with Crippen molar-refractivity contribution in [1.29, 1.82) is 0 Å². The first-order chi connectivity index (χ1) is 10.8. The van der Waals surface area contributed by atoms with Crippen LogP contribution in [0, 0.1) is 7.14 Å². The molecule has 3 nitrogen and oxygen atoms in total. The van der Waals surface area contributed by atoms with Crippen LogP contribution >= 0.6 is 0 Å². The maximum atomic E-state index is 11.7. The van der Waals surface area contributed by atoms with E-state index in [9.17, 15) is 4.79 Å². The van der Waals surface area contributed by atoms with E-state index in [1.807, 2.05) is 6.07 Å². The molecular formula is C18H16IO3+. The van der Waals surface area contributed by atoms with Crippen molar-refractivity contribution in [2.75, 3.05) is 6.61 Å². The molecule has 1 atom stereocenters. The molecule has 0 N–H and O–H groups in total. The number of hydrogen-bond donors (Lipinski definition) is 0. The molecule has 0 aromatic heterocycles. The maximum absolute atomic E-state index is 11.7. The average molecular weight is 407 g/mol. The van der Waals surface area contributed by atoms with Crippen LogP contribution in [0.2, 0.25) is 0 Å². The summed E-state index contributed by atoms with van der Waals surface area (Å²) < 4.78 is 13.9. The number of rotatable bonds is 2. The molecule has 0 aliphatic carbocycles. The Labute approximate surface area is 139 Å². The molecule has 2 aliphatic rings. The van der Waals surface area contributed by atoms with Crippen molar-refractivity contribution in [2.24, 2.45) is 0 Å². The number of esters is 1. The van der Waals surface area contributed by atoms with Crippen LogP contribution in [0.25, 0.3) is 0 Å². The molecule has 2 aliphatic heterocycles. The van der Waals surface area contributed by atoms with Crippen LogP contribution in [0.15, 0.2) is 42.5 Å². The van der Waals surface area contributed by atoms with Crippen molar-refractivity contribution in [1.82, 2.24) is 0 Å². The third kappa shape index (κ3) is 2.72. The van der Waals surface area contributed by atoms with Gasteiger partial charge in [0.05, 0.1) is 6.61 Å². The molecule has 4 heteroatoms. The van der Waals surface area contributed by atoms with Crippen molar-refractivity contribution < 1.29 is 35.5 Å². The van der Waals surface area contributed by atoms with E-state index in [0.717, 1.165) is 25.0 Å². The summed E-state index contributed by atoms with van der Waals surface area (Å²) in [5.74, 6) is 0.549. The predicted molar refractivity (Wildman–Crippen MR) is 77.7 cm³/mol. The van der Waals surface area contributed by atoms with Crippen LogP contribution in [-0.4, -0.2) is 18.7 Å². The Hall–Kier alpha value is -1.56. The Kier molecular flexibility index (Phi) is 3.78. The fraction of sp³-hybridized carbons (Fsp3) is 0.278. The highest BCUT2D eigenvalue weighted by Crippen LogP contribution is 2.22. The topological polar surface area (TPSA) is 35.5 Å². The Morgan fingerprint density at radius 2 is 1.95 bits per heavy atom. The minimum Gasteiger partial charge on any atom is -0.479 e. The second-order valence-corrected chi connectivity index (χ2v) is 8.40. The van der Waals surface area contributed by atoms with Gasteiger partial charge >= 0.3 is 27.2 Å². The monoisotopic (exact) mass is 407 g/mol. The smallest absolute Gasteiger partial charge is 0.358 e. The SMILES string of the molecule is O=C1OCCCC1Oc1ccc2c(c1)Cc1ccccc1[I+]2. The van der Waals surface area contributed by atoms with E-state index in [2.05, 4.69) is 36.4 Å². The van der Waals surface area contributed by atoms with Gasteiger partial charge in [-0.05, 0) is 37.1 Å². The molecular weight excluding hydrogens is 391 g/mol. The highest BCUT2D eigenvalue weighted by molar-refractivity contribution is 5.75. The number of cyclic esters (lactones) is 1. The van der Waals surface area contributed by atoms with Crippen LogP contribution in [-0.2, 0) is 16.0 Å². The lowest BCUT2D eigenvalue weighted by Crippen LogP contribution is -3.62. The summed E-state index contributed by atoms with van der Waals surface area (Å²) in [5, 5.41) is 0. The second kappa shape index (κ2) is 5.91. The molecule has 1 unspecified atom stereocenters. The van der Waals surface area contributed by atoms with Gasteiger partial charge in [-0.2, -0.15) is 0 Å². The van der Waals surface area contributed by atoms with E-state index in [0.29, 0.717) is 6.61 Å². The molecule has 0 bridgehead atoms. The normalized spacial score (nSPS) is 19.8. The molecule has 0 radical (unpaired) electrons. The quantitative estimate of drug-likeness (QED) is 0.437. The number of fused-ring (bicyclic) bond motifs is 2. The van der Waals surface area contributed by atoms with E-state index in [1.165, 1.54) is 18.3 Å². The molecule has 2 heterocycles. The van der Waals surface area contributed by atoms with Gasteiger partial charge in [0.2, 0.25) is 0 Å². The molecule has 1 saturated heterocycles. The molecule has 0 spiro atoms. The molecule has 0 amide bonds. The minimum atomic E-state index is -0.447. The van der Waals surface area contributed by atoms with Gasteiger partial charge in [0.1, 0.15) is 5.75 Å². The van der Waals surface area contributed by atoms with E-state index in [-0.39, 0.29) is 27.2 Å². The van der Waals surface area contributed by atoms with Crippen LogP contribution in [0.5, 0.6) is 5.75 Å². The van der Waals surface area contributed by atoms with Gasteiger partial charge in [-0.3, -0.25) is 0 Å². The standard InChI is InChI=1S/C18H16IO3/c20-18-17(6-3-9-21-18)22-14-7-8-16-13(11-14)10-12-4-1-2-5-15(12)19-16/h1-2,4-5,7-8,11,17H,3,6,9-10H2/q+1. The minimum absolute atomic E-state index is 0.114. The molecule has 4 rings (SSSR count). The van der Waals surface area contributed by atoms with Gasteiger partial charge in [0.25, 0.3) is 0 Å². The molecule has 22 heavy (non-hydrogen) atoms. The molecule has 2 aromatic carbocycles. The van der Waals surface area contributed by atoms with Gasteiger partial charge in [0, 0.05) is 17.5 Å². The Bertz CT molecular complexity index is 726. The summed E-state index contributed by atoms with van der Waals surface area (Å²) in [6.45, 7) is 0.518. The number of ether oxygens (including phenoxy) is 2. The molecule has 0 saturated carbocycles. The van der Waals surface area contributed by atoms with Crippen molar-refractivity contribution in [3.05, 3.63) is 60.7 Å². The van der Waals surface area contributed by atoms with E-state index >= 15 is 0 Å². The zero-order valence-electron chi connectivity index (χ0n) is 12.0. The first kappa shape index (κ1) is 14.1. The summed E-state index contributed by atoms with van der Waals surface area (Å²) >= 11 is -0.114. The highest BCUT2D eigenvalue weighted by Gasteiger charge is 2.30. The third-order valence-electron chi connectivity index (χ3n) is 3.96. The number of benzene rings is 2. The highest BCUT2D eigenvalue weighted by atomic mass is 127. The van der Waals surface area contributed by atoms with Crippen molar-refractivity contribution in [3.8, 4) is 5.75 Å². The molecule has 1 fully saturated rings. The Balaban J connectivity index is 1.56. The first-order valence-corrected chi connectivity index (χ1v) is 9.64. The Morgan fingerprint density at radius 3 is 2.86 bits per heavy atom. The number of halogens is 1. The number of hydrogen-bond acceptors (Lipinski definition) is 3. The van der Waals surface area contributed by atoms with E-state index < -0.39 is 6.10 Å². The predicted octanol–water partition coefficient (Wildman–Crippen LogP) is -0.196. The fourth-order valence-corrected chi connectivity index (χ4v) is 5.61. The van der Waals surface area contributed by atoms with Crippen molar-refractivity contribution in [3.63, 3.8) is 0 Å². The Morgan fingerprint density at radius 1 is 1.09 bits per heavy atom. The number of carbonyl (C=O) groups is 1. The van der Waals surface area contributed by atoms with Gasteiger partial charge in [-0.1, -0.05) is 18.2 Å². The average Bonchev–Trinajstić information content (AvgIpc) is 2.55. The maximum Gasteiger partial charge on any atom is 0.358 e. The third-order valence-corrected chi connectivity index (χ3v) is 7.22. The summed E-state index contributed by atoms with van der Waals surface area (Å²) in [4.78, 5) is 11.7. The van der Waals surface area contributed by atoms with Crippen molar-refractivity contribution in [2.45, 2.75) is 25.4 Å². The summed E-state index contributed by atoms with van der Waals surface area (Å²) in [6, 6.07) is 14.9. The van der Waals surface area contributed by atoms with Gasteiger partial charge in [-0.25, -0.2) is 4.79 Å². The summed E-state index contributed by atoms with van der Waals surface area (Å²) in [6.07, 6.45) is 2.13. The van der Waals surface area contributed by atoms with E-state index in [4.69, 9.17) is 9.47 Å². The van der Waals surface area contributed by atoms with Crippen LogP contribution in [0.1, 0.15) is 24.0 Å². The summed E-state index contributed by atoms with van der Waals surface area (Å²) in [7, 11) is 0. The lowest BCUT2D eigenvalue weighted by Gasteiger charge is -2.22. The second-order valence-electron chi connectivity index (χ2n) is 5.53.